The number of non-ortho nitro benzene ring substituents is 1. The molecule has 2 aromatic rings. The minimum Gasteiger partial charge on any atom is -0.467 e. The molecule has 24 heavy (non-hydrogen) atoms. The molecule has 9 heteroatoms. The van der Waals surface area contributed by atoms with Gasteiger partial charge in [0.25, 0.3) is 11.6 Å². The molecular weight excluding hydrogens is 340 g/mol. The minimum absolute atomic E-state index is 0.00575. The standard InChI is InChI=1S/C15H13ClN2O6/c1-9(14(19)17-8-11-3-2-6-23-11)24-15(20)12-7-10(18(21)22)4-5-13(12)16/h2-7,9H,8H2,1H3,(H,17,19). The highest BCUT2D eigenvalue weighted by Crippen LogP contribution is 2.23. The average Bonchev–Trinajstić information content (AvgIpc) is 3.05. The molecule has 1 aromatic carbocycles. The van der Waals surface area contributed by atoms with Gasteiger partial charge < -0.3 is 14.5 Å². The number of rotatable bonds is 6. The summed E-state index contributed by atoms with van der Waals surface area (Å²) in [7, 11) is 0. The Hall–Kier alpha value is -2.87. The van der Waals surface area contributed by atoms with Crippen molar-refractivity contribution in [2.75, 3.05) is 0 Å². The van der Waals surface area contributed by atoms with Crippen molar-refractivity contribution in [3.8, 4) is 0 Å². The first-order valence-electron chi connectivity index (χ1n) is 6.83. The third-order valence-corrected chi connectivity index (χ3v) is 3.38. The Morgan fingerprint density at radius 1 is 1.42 bits per heavy atom. The molecule has 1 atom stereocenters. The Morgan fingerprint density at radius 3 is 2.79 bits per heavy atom. The predicted octanol–water partition coefficient (Wildman–Crippen LogP) is 2.70. The summed E-state index contributed by atoms with van der Waals surface area (Å²) in [6.45, 7) is 1.52. The lowest BCUT2D eigenvalue weighted by Crippen LogP contribution is -2.35. The number of furan rings is 1. The van der Waals surface area contributed by atoms with Crippen LogP contribution in [0.1, 0.15) is 23.0 Å². The first-order valence-corrected chi connectivity index (χ1v) is 7.21. The Morgan fingerprint density at radius 2 is 2.17 bits per heavy atom. The third kappa shape index (κ3) is 4.32. The molecule has 0 aliphatic carbocycles. The Labute approximate surface area is 141 Å². The van der Waals surface area contributed by atoms with Crippen LogP contribution in [-0.2, 0) is 16.1 Å². The molecule has 8 nitrogen and oxygen atoms in total. The summed E-state index contributed by atoms with van der Waals surface area (Å²) in [6, 6.07) is 6.74. The molecule has 0 spiro atoms. The predicted molar refractivity (Wildman–Crippen MR) is 83.5 cm³/mol. The SMILES string of the molecule is CC(OC(=O)c1cc([N+](=O)[O-])ccc1Cl)C(=O)NCc1ccco1. The van der Waals surface area contributed by atoms with Gasteiger partial charge in [0.15, 0.2) is 6.10 Å². The Bertz CT molecular complexity index is 759. The molecular formula is C15H13ClN2O6. The van der Waals surface area contributed by atoms with Crippen LogP contribution < -0.4 is 5.32 Å². The number of nitro groups is 1. The van der Waals surface area contributed by atoms with Crippen LogP contribution in [0.3, 0.4) is 0 Å². The second-order valence-corrected chi connectivity index (χ2v) is 5.17. The number of carbonyl (C=O) groups excluding carboxylic acids is 2. The van der Waals surface area contributed by atoms with Crippen LogP contribution in [0, 0.1) is 10.1 Å². The van der Waals surface area contributed by atoms with E-state index >= 15 is 0 Å². The number of benzene rings is 1. The number of nitro benzene ring substituents is 1. The lowest BCUT2D eigenvalue weighted by atomic mass is 10.2. The summed E-state index contributed by atoms with van der Waals surface area (Å²) < 4.78 is 10.1. The van der Waals surface area contributed by atoms with Crippen LogP contribution >= 0.6 is 11.6 Å². The zero-order valence-corrected chi connectivity index (χ0v) is 13.3. The number of halogens is 1. The summed E-state index contributed by atoms with van der Waals surface area (Å²) in [5, 5.41) is 13.3. The van der Waals surface area contributed by atoms with Gasteiger partial charge in [-0.25, -0.2) is 4.79 Å². The molecule has 2 rings (SSSR count). The second kappa shape index (κ2) is 7.60. The monoisotopic (exact) mass is 352 g/mol. The number of carbonyl (C=O) groups is 2. The van der Waals surface area contributed by atoms with Gasteiger partial charge >= 0.3 is 5.97 Å². The number of nitrogens with zero attached hydrogens (tertiary/aromatic N) is 1. The van der Waals surface area contributed by atoms with Crippen molar-refractivity contribution in [2.45, 2.75) is 19.6 Å². The number of esters is 1. The maximum atomic E-state index is 12.1. The molecule has 0 saturated carbocycles. The van der Waals surface area contributed by atoms with Gasteiger partial charge in [-0.15, -0.1) is 0 Å². The smallest absolute Gasteiger partial charge is 0.340 e. The highest BCUT2D eigenvalue weighted by atomic mass is 35.5. The van der Waals surface area contributed by atoms with Crippen molar-refractivity contribution in [2.24, 2.45) is 0 Å². The molecule has 0 bridgehead atoms. The highest BCUT2D eigenvalue weighted by Gasteiger charge is 2.22. The van der Waals surface area contributed by atoms with Gasteiger partial charge in [0, 0.05) is 12.1 Å². The fourth-order valence-corrected chi connectivity index (χ4v) is 1.99. The van der Waals surface area contributed by atoms with Gasteiger partial charge in [-0.05, 0) is 25.1 Å². The van der Waals surface area contributed by atoms with E-state index in [0.717, 1.165) is 6.07 Å². The zero-order chi connectivity index (χ0) is 17.7. The van der Waals surface area contributed by atoms with Crippen molar-refractivity contribution in [1.82, 2.24) is 5.32 Å². The number of nitrogens with one attached hydrogen (secondary N) is 1. The van der Waals surface area contributed by atoms with Crippen molar-refractivity contribution >= 4 is 29.2 Å². The van der Waals surface area contributed by atoms with Crippen LogP contribution in [0.15, 0.2) is 41.0 Å². The molecule has 1 heterocycles. The minimum atomic E-state index is -1.11. The van der Waals surface area contributed by atoms with E-state index in [1.54, 1.807) is 12.1 Å². The molecule has 0 aliphatic rings. The number of ether oxygens (including phenoxy) is 1. The maximum Gasteiger partial charge on any atom is 0.340 e. The summed E-state index contributed by atoms with van der Waals surface area (Å²) in [5.74, 6) is -0.922. The first kappa shape index (κ1) is 17.5. The summed E-state index contributed by atoms with van der Waals surface area (Å²) in [5.41, 5.74) is -0.488. The van der Waals surface area contributed by atoms with Crippen LogP contribution in [0.2, 0.25) is 5.02 Å². The van der Waals surface area contributed by atoms with Gasteiger partial charge in [-0.1, -0.05) is 11.6 Å². The van der Waals surface area contributed by atoms with E-state index in [9.17, 15) is 19.7 Å². The molecule has 0 saturated heterocycles. The molecule has 0 radical (unpaired) electrons. The largest absolute Gasteiger partial charge is 0.467 e. The molecule has 126 valence electrons. The number of amides is 1. The normalized spacial score (nSPS) is 11.6. The van der Waals surface area contributed by atoms with E-state index in [2.05, 4.69) is 5.32 Å². The Balaban J connectivity index is 1.99. The quantitative estimate of drug-likeness (QED) is 0.486. The van der Waals surface area contributed by atoms with Crippen molar-refractivity contribution in [1.29, 1.82) is 0 Å². The topological polar surface area (TPSA) is 112 Å². The third-order valence-electron chi connectivity index (χ3n) is 3.05. The van der Waals surface area contributed by atoms with E-state index in [0.29, 0.717) is 5.76 Å². The highest BCUT2D eigenvalue weighted by molar-refractivity contribution is 6.33. The zero-order valence-electron chi connectivity index (χ0n) is 12.5. The van der Waals surface area contributed by atoms with E-state index in [1.165, 1.54) is 25.3 Å². The Kier molecular flexibility index (Phi) is 5.54. The lowest BCUT2D eigenvalue weighted by molar-refractivity contribution is -0.384. The van der Waals surface area contributed by atoms with Crippen molar-refractivity contribution < 1.29 is 23.7 Å². The molecule has 1 N–H and O–H groups in total. The van der Waals surface area contributed by atoms with Gasteiger partial charge in [0.1, 0.15) is 5.76 Å². The molecule has 0 fully saturated rings. The first-order chi connectivity index (χ1) is 11.4. The number of hydrogen-bond acceptors (Lipinski definition) is 6. The summed E-state index contributed by atoms with van der Waals surface area (Å²) >= 11 is 5.85. The fraction of sp³-hybridized carbons (Fsp3) is 0.200. The average molecular weight is 353 g/mol. The summed E-state index contributed by atoms with van der Waals surface area (Å²) in [4.78, 5) is 34.0. The van der Waals surface area contributed by atoms with E-state index < -0.39 is 22.9 Å². The van der Waals surface area contributed by atoms with Gasteiger partial charge in [-0.3, -0.25) is 14.9 Å². The molecule has 1 amide bonds. The molecule has 1 unspecified atom stereocenters. The second-order valence-electron chi connectivity index (χ2n) is 4.77. The lowest BCUT2D eigenvalue weighted by Gasteiger charge is -2.13. The van der Waals surface area contributed by atoms with E-state index in [1.807, 2.05) is 0 Å². The fourth-order valence-electron chi connectivity index (χ4n) is 1.79. The summed E-state index contributed by atoms with van der Waals surface area (Å²) in [6.07, 6.45) is 0.359. The van der Waals surface area contributed by atoms with Gasteiger partial charge in [0.2, 0.25) is 0 Å². The van der Waals surface area contributed by atoms with Crippen LogP contribution in [0.4, 0.5) is 5.69 Å². The van der Waals surface area contributed by atoms with Crippen molar-refractivity contribution in [3.05, 3.63) is 63.1 Å². The van der Waals surface area contributed by atoms with E-state index in [4.69, 9.17) is 20.8 Å². The van der Waals surface area contributed by atoms with Gasteiger partial charge in [0.05, 0.1) is 28.3 Å². The maximum absolute atomic E-state index is 12.1. The van der Waals surface area contributed by atoms with Crippen molar-refractivity contribution in [3.63, 3.8) is 0 Å². The van der Waals surface area contributed by atoms with Crippen LogP contribution in [0.25, 0.3) is 0 Å². The molecule has 0 aliphatic heterocycles. The number of hydrogen-bond donors (Lipinski definition) is 1. The van der Waals surface area contributed by atoms with Crippen LogP contribution in [0.5, 0.6) is 0 Å². The molecule has 1 aromatic heterocycles. The van der Waals surface area contributed by atoms with E-state index in [-0.39, 0.29) is 22.8 Å². The van der Waals surface area contributed by atoms with Gasteiger partial charge in [-0.2, -0.15) is 0 Å². The van der Waals surface area contributed by atoms with Crippen LogP contribution in [-0.4, -0.2) is 22.9 Å².